The Balaban J connectivity index is 2.04. The second-order valence-electron chi connectivity index (χ2n) is 4.41. The van der Waals surface area contributed by atoms with Gasteiger partial charge in [-0.1, -0.05) is 0 Å². The van der Waals surface area contributed by atoms with Gasteiger partial charge < -0.3 is 9.16 Å². The monoisotopic (exact) mass is 203 g/mol. The summed E-state index contributed by atoms with van der Waals surface area (Å²) in [5.41, 5.74) is 0. The zero-order chi connectivity index (χ0) is 9.73. The fourth-order valence-corrected chi connectivity index (χ4v) is 2.01. The van der Waals surface area contributed by atoms with E-state index in [9.17, 15) is 0 Å². The van der Waals surface area contributed by atoms with Crippen LogP contribution in [0.4, 0.5) is 0 Å². The van der Waals surface area contributed by atoms with Gasteiger partial charge in [-0.05, 0) is 19.6 Å². The van der Waals surface area contributed by atoms with E-state index >= 15 is 0 Å². The molecule has 0 radical (unpaired) electrons. The van der Waals surface area contributed by atoms with Gasteiger partial charge in [0.05, 0.1) is 13.2 Å². The molecule has 1 rings (SSSR count). The van der Waals surface area contributed by atoms with Crippen LogP contribution < -0.4 is 0 Å². The van der Waals surface area contributed by atoms with Crippen molar-refractivity contribution in [3.05, 3.63) is 0 Å². The van der Waals surface area contributed by atoms with Crippen LogP contribution in [0.25, 0.3) is 0 Å². The third-order valence-corrected chi connectivity index (χ3v) is 3.12. The van der Waals surface area contributed by atoms with Crippen molar-refractivity contribution in [2.45, 2.75) is 19.6 Å². The SMILES string of the molecule is C[Si](C)(C)OCCN1CCOCC1. The summed E-state index contributed by atoms with van der Waals surface area (Å²) in [7, 11) is -1.30. The maximum atomic E-state index is 5.79. The highest BCUT2D eigenvalue weighted by Crippen LogP contribution is 2.03. The van der Waals surface area contributed by atoms with Gasteiger partial charge in [0.1, 0.15) is 0 Å². The summed E-state index contributed by atoms with van der Waals surface area (Å²) >= 11 is 0. The molecule has 0 amide bonds. The topological polar surface area (TPSA) is 21.7 Å². The first kappa shape index (κ1) is 11.2. The van der Waals surface area contributed by atoms with Gasteiger partial charge in [0.25, 0.3) is 0 Å². The van der Waals surface area contributed by atoms with Gasteiger partial charge >= 0.3 is 0 Å². The summed E-state index contributed by atoms with van der Waals surface area (Å²) in [5, 5.41) is 0. The van der Waals surface area contributed by atoms with E-state index in [2.05, 4.69) is 24.5 Å². The van der Waals surface area contributed by atoms with Crippen LogP contribution in [-0.4, -0.2) is 52.7 Å². The molecule has 0 spiro atoms. The van der Waals surface area contributed by atoms with Crippen molar-refractivity contribution < 1.29 is 9.16 Å². The fraction of sp³-hybridized carbons (Fsp3) is 1.00. The Kier molecular flexibility index (Phi) is 4.38. The van der Waals surface area contributed by atoms with Crippen molar-refractivity contribution in [3.63, 3.8) is 0 Å². The Bertz CT molecular complexity index is 141. The highest BCUT2D eigenvalue weighted by molar-refractivity contribution is 6.69. The minimum Gasteiger partial charge on any atom is -0.416 e. The molecule has 1 fully saturated rings. The Labute approximate surface area is 82.1 Å². The molecule has 0 unspecified atom stereocenters. The lowest BCUT2D eigenvalue weighted by Crippen LogP contribution is -2.39. The molecule has 1 saturated heterocycles. The minimum absolute atomic E-state index is 0.882. The molecule has 1 aliphatic heterocycles. The van der Waals surface area contributed by atoms with Gasteiger partial charge in [0, 0.05) is 26.2 Å². The largest absolute Gasteiger partial charge is 0.416 e. The van der Waals surface area contributed by atoms with Gasteiger partial charge in [0.2, 0.25) is 0 Å². The van der Waals surface area contributed by atoms with E-state index in [1.807, 2.05) is 0 Å². The Morgan fingerprint density at radius 1 is 1.23 bits per heavy atom. The molecule has 3 nitrogen and oxygen atoms in total. The summed E-state index contributed by atoms with van der Waals surface area (Å²) in [6.45, 7) is 12.5. The van der Waals surface area contributed by atoms with E-state index in [4.69, 9.17) is 9.16 Å². The second-order valence-corrected chi connectivity index (χ2v) is 8.93. The highest BCUT2D eigenvalue weighted by Gasteiger charge is 2.15. The third-order valence-electron chi connectivity index (χ3n) is 2.05. The lowest BCUT2D eigenvalue weighted by Gasteiger charge is -2.27. The molecule has 0 atom stereocenters. The molecule has 1 heterocycles. The smallest absolute Gasteiger partial charge is 0.183 e. The van der Waals surface area contributed by atoms with Crippen molar-refractivity contribution in [3.8, 4) is 0 Å². The summed E-state index contributed by atoms with van der Waals surface area (Å²) in [6.07, 6.45) is 0. The van der Waals surface area contributed by atoms with E-state index in [1.54, 1.807) is 0 Å². The molecule has 0 aliphatic carbocycles. The van der Waals surface area contributed by atoms with Gasteiger partial charge in [-0.25, -0.2) is 0 Å². The molecule has 0 aromatic carbocycles. The van der Waals surface area contributed by atoms with E-state index in [1.165, 1.54) is 0 Å². The molecule has 0 N–H and O–H groups in total. The zero-order valence-corrected chi connectivity index (χ0v) is 10.0. The van der Waals surface area contributed by atoms with Crippen LogP contribution in [0.2, 0.25) is 19.6 Å². The lowest BCUT2D eigenvalue weighted by molar-refractivity contribution is 0.0318. The zero-order valence-electron chi connectivity index (χ0n) is 9.01. The molecule has 0 bridgehead atoms. The van der Waals surface area contributed by atoms with Crippen LogP contribution in [0.3, 0.4) is 0 Å². The van der Waals surface area contributed by atoms with Crippen molar-refractivity contribution in [1.29, 1.82) is 0 Å². The number of ether oxygens (including phenoxy) is 1. The predicted molar refractivity (Wildman–Crippen MR) is 56.6 cm³/mol. The van der Waals surface area contributed by atoms with Crippen LogP contribution in [0, 0.1) is 0 Å². The lowest BCUT2D eigenvalue weighted by atomic mass is 10.4. The number of rotatable bonds is 4. The average molecular weight is 203 g/mol. The predicted octanol–water partition coefficient (Wildman–Crippen LogP) is 1.17. The molecular weight excluding hydrogens is 182 g/mol. The Morgan fingerprint density at radius 3 is 2.38 bits per heavy atom. The van der Waals surface area contributed by atoms with Gasteiger partial charge in [-0.15, -0.1) is 0 Å². The summed E-state index contributed by atoms with van der Waals surface area (Å²) in [4.78, 5) is 2.41. The molecule has 4 heteroatoms. The maximum Gasteiger partial charge on any atom is 0.183 e. The minimum atomic E-state index is -1.30. The quantitative estimate of drug-likeness (QED) is 0.640. The number of hydrogen-bond donors (Lipinski definition) is 0. The van der Waals surface area contributed by atoms with Crippen LogP contribution in [0.1, 0.15) is 0 Å². The highest BCUT2D eigenvalue weighted by atomic mass is 28.4. The molecule has 13 heavy (non-hydrogen) atoms. The van der Waals surface area contributed by atoms with E-state index in [0.717, 1.165) is 39.5 Å². The summed E-state index contributed by atoms with van der Waals surface area (Å²) in [6, 6.07) is 0. The molecule has 1 aliphatic rings. The van der Waals surface area contributed by atoms with Crippen LogP contribution in [-0.2, 0) is 9.16 Å². The van der Waals surface area contributed by atoms with Gasteiger partial charge in [-0.3, -0.25) is 4.90 Å². The van der Waals surface area contributed by atoms with Crippen LogP contribution >= 0.6 is 0 Å². The maximum absolute atomic E-state index is 5.79. The Hall–Kier alpha value is 0.0969. The first-order valence-corrected chi connectivity index (χ1v) is 8.43. The molecule has 0 aromatic heterocycles. The molecule has 0 saturated carbocycles. The van der Waals surface area contributed by atoms with Crippen LogP contribution in [0.5, 0.6) is 0 Å². The first-order chi connectivity index (χ1) is 6.08. The summed E-state index contributed by atoms with van der Waals surface area (Å²) in [5.74, 6) is 0. The number of hydrogen-bond acceptors (Lipinski definition) is 3. The third kappa shape index (κ3) is 5.41. The first-order valence-electron chi connectivity index (χ1n) is 5.02. The van der Waals surface area contributed by atoms with E-state index in [0.29, 0.717) is 0 Å². The molecule has 78 valence electrons. The fourth-order valence-electron chi connectivity index (χ4n) is 1.31. The number of morpholine rings is 1. The summed E-state index contributed by atoms with van der Waals surface area (Å²) < 4.78 is 11.1. The van der Waals surface area contributed by atoms with Crippen molar-refractivity contribution >= 4 is 8.32 Å². The van der Waals surface area contributed by atoms with E-state index < -0.39 is 8.32 Å². The normalized spacial score (nSPS) is 20.5. The van der Waals surface area contributed by atoms with Crippen LogP contribution in [0.15, 0.2) is 0 Å². The standard InChI is InChI=1S/C9H21NO2Si/c1-13(2,3)12-9-6-10-4-7-11-8-5-10/h4-9H2,1-3H3. The van der Waals surface area contributed by atoms with Crippen molar-refractivity contribution in [1.82, 2.24) is 4.90 Å². The van der Waals surface area contributed by atoms with Gasteiger partial charge in [0.15, 0.2) is 8.32 Å². The van der Waals surface area contributed by atoms with Gasteiger partial charge in [-0.2, -0.15) is 0 Å². The second kappa shape index (κ2) is 5.10. The van der Waals surface area contributed by atoms with Crippen molar-refractivity contribution in [2.75, 3.05) is 39.5 Å². The van der Waals surface area contributed by atoms with E-state index in [-0.39, 0.29) is 0 Å². The number of nitrogens with zero attached hydrogens (tertiary/aromatic N) is 1. The Morgan fingerprint density at radius 2 is 1.85 bits per heavy atom. The van der Waals surface area contributed by atoms with Crippen molar-refractivity contribution in [2.24, 2.45) is 0 Å². The average Bonchev–Trinajstić information content (AvgIpc) is 2.04. The molecular formula is C9H21NO2Si. The molecule has 0 aromatic rings.